The summed E-state index contributed by atoms with van der Waals surface area (Å²) in [5.74, 6) is 0. The van der Waals surface area contributed by atoms with Crippen molar-refractivity contribution in [2.75, 3.05) is 0 Å². The molecule has 0 rings (SSSR count). The van der Waals surface area contributed by atoms with E-state index in [0.717, 1.165) is 0 Å². The van der Waals surface area contributed by atoms with Gasteiger partial charge in [0.05, 0.1) is 0 Å². The van der Waals surface area contributed by atoms with Crippen LogP contribution in [0.4, 0.5) is 0 Å². The second kappa shape index (κ2) is 5.25. The summed E-state index contributed by atoms with van der Waals surface area (Å²) < 4.78 is 4.64. The van der Waals surface area contributed by atoms with Crippen LogP contribution in [0.3, 0.4) is 0 Å². The summed E-state index contributed by atoms with van der Waals surface area (Å²) in [5.41, 5.74) is 0.206. The molecule has 0 bridgehead atoms. The monoisotopic (exact) mass is 238 g/mol. The van der Waals surface area contributed by atoms with Crippen LogP contribution in [-0.2, 0) is 3.62 Å². The van der Waals surface area contributed by atoms with Crippen molar-refractivity contribution in [3.63, 3.8) is 0 Å². The topological polar surface area (TPSA) is 9.23 Å². The third-order valence-corrected chi connectivity index (χ3v) is 3.14. The summed E-state index contributed by atoms with van der Waals surface area (Å²) in [7, 11) is 0.322. The third-order valence-electron chi connectivity index (χ3n) is 0.608. The lowest BCUT2D eigenvalue weighted by atomic mass is 10.6. The standard InChI is InChI=1S/C3H6BrCl2OP/c1-2(3(5)6)8-7-4/h2-3,8H,1H3. The lowest BCUT2D eigenvalue weighted by molar-refractivity contribution is 0.757. The molecule has 0 amide bonds. The fourth-order valence-electron chi connectivity index (χ4n) is 0.122. The van der Waals surface area contributed by atoms with Crippen LogP contribution in [0.25, 0.3) is 0 Å². The van der Waals surface area contributed by atoms with Crippen molar-refractivity contribution < 1.29 is 3.62 Å². The first-order chi connectivity index (χ1) is 3.68. The molecular formula is C3H6BrCl2OP. The Morgan fingerprint density at radius 3 is 2.25 bits per heavy atom. The van der Waals surface area contributed by atoms with E-state index in [1.165, 1.54) is 0 Å². The van der Waals surface area contributed by atoms with E-state index < -0.39 is 0 Å². The molecule has 0 heterocycles. The van der Waals surface area contributed by atoms with Crippen LogP contribution in [0, 0.1) is 0 Å². The summed E-state index contributed by atoms with van der Waals surface area (Å²) in [6.45, 7) is 1.92. The molecule has 1 nitrogen and oxygen atoms in total. The van der Waals surface area contributed by atoms with Gasteiger partial charge in [-0.15, -0.1) is 23.2 Å². The highest BCUT2D eigenvalue weighted by Gasteiger charge is 2.09. The number of halogens is 3. The highest BCUT2D eigenvalue weighted by Crippen LogP contribution is 2.29. The van der Waals surface area contributed by atoms with Crippen molar-refractivity contribution in [1.82, 2.24) is 0 Å². The third kappa shape index (κ3) is 4.34. The second-order valence-corrected chi connectivity index (χ2v) is 4.75. The van der Waals surface area contributed by atoms with Crippen LogP contribution in [0.2, 0.25) is 0 Å². The molecule has 0 radical (unpaired) electrons. The van der Waals surface area contributed by atoms with Crippen molar-refractivity contribution in [3.05, 3.63) is 0 Å². The molecule has 5 heteroatoms. The first kappa shape index (κ1) is 9.45. The van der Waals surface area contributed by atoms with Crippen LogP contribution in [0.15, 0.2) is 0 Å². The summed E-state index contributed by atoms with van der Waals surface area (Å²) >= 11 is 13.8. The van der Waals surface area contributed by atoms with Crippen LogP contribution in [-0.4, -0.2) is 10.5 Å². The van der Waals surface area contributed by atoms with Crippen LogP contribution < -0.4 is 0 Å². The Labute approximate surface area is 69.4 Å². The van der Waals surface area contributed by atoms with Gasteiger partial charge in [-0.1, -0.05) is 6.92 Å². The van der Waals surface area contributed by atoms with Gasteiger partial charge in [0.15, 0.2) is 0 Å². The van der Waals surface area contributed by atoms with Crippen LogP contribution in [0.1, 0.15) is 6.92 Å². The Morgan fingerprint density at radius 2 is 2.12 bits per heavy atom. The molecule has 0 aromatic heterocycles. The zero-order chi connectivity index (χ0) is 6.57. The quantitative estimate of drug-likeness (QED) is 0.543. The average molecular weight is 240 g/mol. The Balaban J connectivity index is 3.17. The largest absolute Gasteiger partial charge is 0.288 e. The normalized spacial score (nSPS) is 16.1. The Bertz CT molecular complexity index is 63.2. The summed E-state index contributed by atoms with van der Waals surface area (Å²) in [5, 5.41) is 0. The summed E-state index contributed by atoms with van der Waals surface area (Å²) in [4.78, 5) is -0.328. The van der Waals surface area contributed by atoms with E-state index in [-0.39, 0.29) is 10.5 Å². The SMILES string of the molecule is CC(POBr)C(Cl)Cl. The van der Waals surface area contributed by atoms with Gasteiger partial charge in [-0.25, -0.2) is 0 Å². The predicted molar refractivity (Wildman–Crippen MR) is 43.3 cm³/mol. The first-order valence-corrected chi connectivity index (χ1v) is 4.50. The molecular weight excluding hydrogens is 234 g/mol. The van der Waals surface area contributed by atoms with Gasteiger partial charge in [0.1, 0.15) is 21.1 Å². The molecule has 0 saturated carbocycles. The molecule has 8 heavy (non-hydrogen) atoms. The number of hydrogen-bond acceptors (Lipinski definition) is 1. The Morgan fingerprint density at radius 1 is 1.62 bits per heavy atom. The van der Waals surface area contributed by atoms with Crippen LogP contribution >= 0.6 is 48.3 Å². The highest BCUT2D eigenvalue weighted by atomic mass is 79.9. The molecule has 0 fully saturated rings. The fourth-order valence-corrected chi connectivity index (χ4v) is 1.56. The molecule has 0 aromatic rings. The first-order valence-electron chi connectivity index (χ1n) is 1.99. The zero-order valence-corrected chi connectivity index (χ0v) is 8.29. The molecule has 0 aliphatic carbocycles. The maximum absolute atomic E-state index is 5.48. The summed E-state index contributed by atoms with van der Waals surface area (Å²) in [6.07, 6.45) is 0. The van der Waals surface area contributed by atoms with Gasteiger partial charge >= 0.3 is 0 Å². The molecule has 0 aliphatic rings. The number of hydrogen-bond donors (Lipinski definition) is 0. The predicted octanol–water partition coefficient (Wildman–Crippen LogP) is 3.10. The Hall–Kier alpha value is 1.45. The van der Waals surface area contributed by atoms with Gasteiger partial charge in [0.25, 0.3) is 0 Å². The highest BCUT2D eigenvalue weighted by molar-refractivity contribution is 9.06. The van der Waals surface area contributed by atoms with Crippen molar-refractivity contribution in [2.45, 2.75) is 17.4 Å². The molecule has 0 aliphatic heterocycles. The van der Waals surface area contributed by atoms with E-state index in [2.05, 4.69) is 19.9 Å². The minimum atomic E-state index is -0.328. The summed E-state index contributed by atoms with van der Waals surface area (Å²) in [6, 6.07) is 0. The molecule has 0 N–H and O–H groups in total. The van der Waals surface area contributed by atoms with Gasteiger partial charge in [-0.05, 0) is 0 Å². The maximum atomic E-state index is 5.48. The van der Waals surface area contributed by atoms with Gasteiger partial charge in [-0.2, -0.15) is 0 Å². The van der Waals surface area contributed by atoms with Crippen molar-refractivity contribution in [1.29, 1.82) is 0 Å². The second-order valence-electron chi connectivity index (χ2n) is 1.32. The molecule has 50 valence electrons. The fraction of sp³-hybridized carbons (Fsp3) is 1.00. The molecule has 2 atom stereocenters. The van der Waals surface area contributed by atoms with Gasteiger partial charge in [-0.3, -0.25) is 3.62 Å². The van der Waals surface area contributed by atoms with Gasteiger partial charge < -0.3 is 0 Å². The molecule has 0 spiro atoms. The smallest absolute Gasteiger partial charge is 0.116 e. The van der Waals surface area contributed by atoms with E-state index in [1.807, 2.05) is 6.92 Å². The molecule has 2 unspecified atom stereocenters. The Kier molecular flexibility index (Phi) is 6.20. The number of alkyl halides is 2. The van der Waals surface area contributed by atoms with Crippen molar-refractivity contribution >= 4 is 48.3 Å². The molecule has 0 aromatic carbocycles. The lowest BCUT2D eigenvalue weighted by Crippen LogP contribution is -2.03. The number of rotatable bonds is 3. The van der Waals surface area contributed by atoms with Gasteiger partial charge in [0.2, 0.25) is 0 Å². The zero-order valence-electron chi connectivity index (χ0n) is 4.20. The van der Waals surface area contributed by atoms with E-state index >= 15 is 0 Å². The van der Waals surface area contributed by atoms with Gasteiger partial charge in [0, 0.05) is 14.5 Å². The maximum Gasteiger partial charge on any atom is 0.116 e. The van der Waals surface area contributed by atoms with Crippen molar-refractivity contribution in [2.24, 2.45) is 0 Å². The minimum Gasteiger partial charge on any atom is -0.288 e. The van der Waals surface area contributed by atoms with E-state index in [4.69, 9.17) is 23.2 Å². The minimum absolute atomic E-state index is 0.206. The van der Waals surface area contributed by atoms with Crippen LogP contribution in [0.5, 0.6) is 0 Å². The van der Waals surface area contributed by atoms with E-state index in [9.17, 15) is 0 Å². The lowest BCUT2D eigenvalue weighted by Gasteiger charge is -2.07. The van der Waals surface area contributed by atoms with E-state index in [0.29, 0.717) is 8.81 Å². The van der Waals surface area contributed by atoms with E-state index in [1.54, 1.807) is 0 Å². The van der Waals surface area contributed by atoms with Crippen molar-refractivity contribution in [3.8, 4) is 0 Å². The molecule has 0 saturated heterocycles. The average Bonchev–Trinajstić information content (AvgIpc) is 1.67.